The van der Waals surface area contributed by atoms with Crippen LogP contribution in [0.5, 0.6) is 0 Å². The molecule has 5 heteroatoms. The molecule has 1 aliphatic heterocycles. The molecule has 1 aliphatic rings. The van der Waals surface area contributed by atoms with Crippen LogP contribution in [0.4, 0.5) is 11.4 Å². The van der Waals surface area contributed by atoms with Crippen LogP contribution >= 0.6 is 0 Å². The van der Waals surface area contributed by atoms with Crippen LogP contribution in [0, 0.1) is 6.92 Å². The minimum absolute atomic E-state index is 0.0208. The highest BCUT2D eigenvalue weighted by Gasteiger charge is 2.19. The summed E-state index contributed by atoms with van der Waals surface area (Å²) in [4.78, 5) is 21.1. The molecule has 0 radical (unpaired) electrons. The molecule has 0 saturated carbocycles. The van der Waals surface area contributed by atoms with E-state index in [0.717, 1.165) is 66.3 Å². The lowest BCUT2D eigenvalue weighted by atomic mass is 10.1. The maximum Gasteiger partial charge on any atom is 0.228 e. The number of piperazine rings is 1. The van der Waals surface area contributed by atoms with E-state index in [4.69, 9.17) is 0 Å². The SMILES string of the molecule is CCN1CCN(c2ccccc2NC(=O)Cc2c(C)[nH]c3ccccc23)CC1. The van der Waals surface area contributed by atoms with Gasteiger partial charge in [0.25, 0.3) is 0 Å². The Balaban J connectivity index is 1.50. The number of benzene rings is 2. The second-order valence-corrected chi connectivity index (χ2v) is 7.44. The average Bonchev–Trinajstić information content (AvgIpc) is 3.04. The number of aromatic amines is 1. The number of aryl methyl sites for hydroxylation is 1. The Kier molecular flexibility index (Phi) is 5.35. The number of carbonyl (C=O) groups excluding carboxylic acids is 1. The molecule has 1 aromatic heterocycles. The zero-order valence-electron chi connectivity index (χ0n) is 16.7. The highest BCUT2D eigenvalue weighted by Crippen LogP contribution is 2.28. The number of rotatable bonds is 5. The van der Waals surface area contributed by atoms with Crippen molar-refractivity contribution in [1.82, 2.24) is 9.88 Å². The van der Waals surface area contributed by atoms with Gasteiger partial charge < -0.3 is 20.1 Å². The second kappa shape index (κ2) is 8.07. The molecule has 4 rings (SSSR count). The quantitative estimate of drug-likeness (QED) is 0.712. The van der Waals surface area contributed by atoms with Crippen LogP contribution in [-0.4, -0.2) is 48.5 Å². The Bertz CT molecular complexity index is 970. The molecule has 2 N–H and O–H groups in total. The Labute approximate surface area is 166 Å². The van der Waals surface area contributed by atoms with Crippen molar-refractivity contribution < 1.29 is 4.79 Å². The summed E-state index contributed by atoms with van der Waals surface area (Å²) in [6.45, 7) is 9.43. The van der Waals surface area contributed by atoms with E-state index in [0.29, 0.717) is 6.42 Å². The zero-order valence-corrected chi connectivity index (χ0v) is 16.7. The Morgan fingerprint density at radius 3 is 2.54 bits per heavy atom. The third-order valence-corrected chi connectivity index (χ3v) is 5.70. The molecule has 1 saturated heterocycles. The van der Waals surface area contributed by atoms with Crippen LogP contribution in [0.3, 0.4) is 0 Å². The van der Waals surface area contributed by atoms with Crippen molar-refractivity contribution in [3.05, 3.63) is 59.8 Å². The predicted octanol–water partition coefficient (Wildman–Crippen LogP) is 3.80. The van der Waals surface area contributed by atoms with E-state index in [1.54, 1.807) is 0 Å². The average molecular weight is 377 g/mol. The number of para-hydroxylation sites is 3. The first-order chi connectivity index (χ1) is 13.7. The van der Waals surface area contributed by atoms with Gasteiger partial charge in [0.1, 0.15) is 0 Å². The van der Waals surface area contributed by atoms with Crippen LogP contribution in [0.2, 0.25) is 0 Å². The molecule has 0 aliphatic carbocycles. The molecule has 0 spiro atoms. The third kappa shape index (κ3) is 3.76. The van der Waals surface area contributed by atoms with Crippen molar-refractivity contribution in [2.45, 2.75) is 20.3 Å². The molecule has 0 atom stereocenters. The zero-order chi connectivity index (χ0) is 19.5. The monoisotopic (exact) mass is 376 g/mol. The smallest absolute Gasteiger partial charge is 0.228 e. The lowest BCUT2D eigenvalue weighted by Crippen LogP contribution is -2.46. The minimum Gasteiger partial charge on any atom is -0.367 e. The van der Waals surface area contributed by atoms with Crippen molar-refractivity contribution >= 4 is 28.2 Å². The largest absolute Gasteiger partial charge is 0.367 e. The molecule has 3 aromatic rings. The molecule has 1 fully saturated rings. The maximum atomic E-state index is 12.9. The fourth-order valence-corrected chi connectivity index (χ4v) is 4.08. The van der Waals surface area contributed by atoms with Gasteiger partial charge >= 0.3 is 0 Å². The first-order valence-electron chi connectivity index (χ1n) is 10.1. The van der Waals surface area contributed by atoms with E-state index in [1.165, 1.54) is 0 Å². The van der Waals surface area contributed by atoms with Crippen molar-refractivity contribution in [3.8, 4) is 0 Å². The normalized spacial score (nSPS) is 15.1. The fourth-order valence-electron chi connectivity index (χ4n) is 4.08. The molecule has 146 valence electrons. The summed E-state index contributed by atoms with van der Waals surface area (Å²) in [6.07, 6.45) is 0.369. The molecule has 2 heterocycles. The molecule has 0 unspecified atom stereocenters. The number of fused-ring (bicyclic) bond motifs is 1. The number of nitrogens with zero attached hydrogens (tertiary/aromatic N) is 2. The van der Waals surface area contributed by atoms with E-state index < -0.39 is 0 Å². The summed E-state index contributed by atoms with van der Waals surface area (Å²) < 4.78 is 0. The van der Waals surface area contributed by atoms with Crippen molar-refractivity contribution in [1.29, 1.82) is 0 Å². The van der Waals surface area contributed by atoms with Gasteiger partial charge in [0, 0.05) is 42.8 Å². The summed E-state index contributed by atoms with van der Waals surface area (Å²) in [6, 6.07) is 16.3. The second-order valence-electron chi connectivity index (χ2n) is 7.44. The molecular formula is C23H28N4O. The Hall–Kier alpha value is -2.79. The standard InChI is InChI=1S/C23H28N4O/c1-3-26-12-14-27(15-13-26)22-11-7-6-10-21(22)25-23(28)16-19-17(2)24-20-9-5-4-8-18(19)20/h4-11,24H,3,12-16H2,1-2H3,(H,25,28). The number of H-pyrrole nitrogens is 1. The van der Waals surface area contributed by atoms with Gasteiger partial charge in [-0.3, -0.25) is 4.79 Å². The van der Waals surface area contributed by atoms with Gasteiger partial charge in [0.05, 0.1) is 17.8 Å². The van der Waals surface area contributed by atoms with E-state index in [1.807, 2.05) is 37.3 Å². The van der Waals surface area contributed by atoms with Gasteiger partial charge in [0.15, 0.2) is 0 Å². The Morgan fingerprint density at radius 1 is 1.04 bits per heavy atom. The van der Waals surface area contributed by atoms with Crippen molar-refractivity contribution in [2.24, 2.45) is 0 Å². The predicted molar refractivity (Wildman–Crippen MR) is 116 cm³/mol. The van der Waals surface area contributed by atoms with E-state index in [2.05, 4.69) is 45.2 Å². The highest BCUT2D eigenvalue weighted by atomic mass is 16.1. The van der Waals surface area contributed by atoms with Gasteiger partial charge in [-0.2, -0.15) is 0 Å². The maximum absolute atomic E-state index is 12.9. The molecule has 5 nitrogen and oxygen atoms in total. The van der Waals surface area contributed by atoms with Crippen molar-refractivity contribution in [2.75, 3.05) is 42.9 Å². The van der Waals surface area contributed by atoms with Crippen LogP contribution in [-0.2, 0) is 11.2 Å². The summed E-state index contributed by atoms with van der Waals surface area (Å²) in [5, 5.41) is 4.28. The number of amides is 1. The molecule has 0 bridgehead atoms. The van der Waals surface area contributed by atoms with Crippen LogP contribution in [0.1, 0.15) is 18.2 Å². The molecule has 28 heavy (non-hydrogen) atoms. The van der Waals surface area contributed by atoms with Gasteiger partial charge in [-0.25, -0.2) is 0 Å². The number of hydrogen-bond donors (Lipinski definition) is 2. The van der Waals surface area contributed by atoms with Crippen LogP contribution in [0.15, 0.2) is 48.5 Å². The lowest BCUT2D eigenvalue weighted by molar-refractivity contribution is -0.115. The third-order valence-electron chi connectivity index (χ3n) is 5.70. The number of anilines is 2. The van der Waals surface area contributed by atoms with Crippen molar-refractivity contribution in [3.63, 3.8) is 0 Å². The van der Waals surface area contributed by atoms with E-state index >= 15 is 0 Å². The first kappa shape index (κ1) is 18.6. The highest BCUT2D eigenvalue weighted by molar-refractivity contribution is 5.98. The first-order valence-corrected chi connectivity index (χ1v) is 10.1. The molecule has 1 amide bonds. The summed E-state index contributed by atoms with van der Waals surface area (Å²) in [5.74, 6) is 0.0208. The van der Waals surface area contributed by atoms with E-state index in [9.17, 15) is 4.79 Å². The van der Waals surface area contributed by atoms with Gasteiger partial charge in [0.2, 0.25) is 5.91 Å². The minimum atomic E-state index is 0.0208. The molecule has 2 aromatic carbocycles. The fraction of sp³-hybridized carbons (Fsp3) is 0.348. The van der Waals surface area contributed by atoms with E-state index in [-0.39, 0.29) is 5.91 Å². The number of aromatic nitrogens is 1. The van der Waals surface area contributed by atoms with Gasteiger partial charge in [-0.05, 0) is 37.2 Å². The van der Waals surface area contributed by atoms with Crippen LogP contribution < -0.4 is 10.2 Å². The topological polar surface area (TPSA) is 51.4 Å². The number of carbonyl (C=O) groups is 1. The molecular weight excluding hydrogens is 348 g/mol. The summed E-state index contributed by atoms with van der Waals surface area (Å²) >= 11 is 0. The van der Waals surface area contributed by atoms with Crippen LogP contribution in [0.25, 0.3) is 10.9 Å². The summed E-state index contributed by atoms with van der Waals surface area (Å²) in [5.41, 5.74) is 5.22. The lowest BCUT2D eigenvalue weighted by Gasteiger charge is -2.36. The number of nitrogens with one attached hydrogen (secondary N) is 2. The summed E-state index contributed by atoms with van der Waals surface area (Å²) in [7, 11) is 0. The number of likely N-dealkylation sites (N-methyl/N-ethyl adjacent to an activating group) is 1. The van der Waals surface area contributed by atoms with Gasteiger partial charge in [-0.15, -0.1) is 0 Å². The number of hydrogen-bond acceptors (Lipinski definition) is 3. The Morgan fingerprint density at radius 2 is 1.75 bits per heavy atom. The van der Waals surface area contributed by atoms with Gasteiger partial charge in [-0.1, -0.05) is 37.3 Å².